The van der Waals surface area contributed by atoms with Crippen LogP contribution < -0.4 is 5.73 Å². The Bertz CT molecular complexity index is 240. The molecule has 16 heavy (non-hydrogen) atoms. The van der Waals surface area contributed by atoms with E-state index in [2.05, 4.69) is 0 Å². The number of hydrogen-bond donors (Lipinski definition) is 1. The van der Waals surface area contributed by atoms with Crippen LogP contribution in [0.3, 0.4) is 0 Å². The van der Waals surface area contributed by atoms with Crippen molar-refractivity contribution < 1.29 is 9.53 Å². The summed E-state index contributed by atoms with van der Waals surface area (Å²) in [6.45, 7) is 9.32. The summed E-state index contributed by atoms with van der Waals surface area (Å²) in [5.41, 5.74) is 5.30. The molecule has 0 saturated carbocycles. The van der Waals surface area contributed by atoms with Crippen LogP contribution >= 0.6 is 0 Å². The van der Waals surface area contributed by atoms with Crippen molar-refractivity contribution in [3.63, 3.8) is 0 Å². The summed E-state index contributed by atoms with van der Waals surface area (Å²) >= 11 is 0. The highest BCUT2D eigenvalue weighted by Crippen LogP contribution is 2.23. The Hall–Kier alpha value is -0.770. The van der Waals surface area contributed by atoms with Crippen LogP contribution in [0.5, 0.6) is 0 Å². The molecule has 1 aliphatic heterocycles. The maximum absolute atomic E-state index is 11.6. The molecule has 4 nitrogen and oxygen atoms in total. The van der Waals surface area contributed by atoms with Gasteiger partial charge >= 0.3 is 6.09 Å². The van der Waals surface area contributed by atoms with E-state index in [1.807, 2.05) is 27.7 Å². The third-order valence-corrected chi connectivity index (χ3v) is 2.64. The predicted molar refractivity (Wildman–Crippen MR) is 64.2 cm³/mol. The van der Waals surface area contributed by atoms with E-state index in [0.29, 0.717) is 5.92 Å². The first-order valence-electron chi connectivity index (χ1n) is 6.01. The second-order valence-electron chi connectivity index (χ2n) is 5.81. The van der Waals surface area contributed by atoms with Crippen LogP contribution in [0.2, 0.25) is 0 Å². The summed E-state index contributed by atoms with van der Waals surface area (Å²) in [6.07, 6.45) is 1.95. The zero-order valence-electron chi connectivity index (χ0n) is 10.8. The van der Waals surface area contributed by atoms with Gasteiger partial charge in [-0.3, -0.25) is 0 Å². The van der Waals surface area contributed by atoms with Gasteiger partial charge in [0.05, 0.1) is 0 Å². The molecule has 0 aromatic rings. The van der Waals surface area contributed by atoms with Gasteiger partial charge in [0.15, 0.2) is 0 Å². The Kier molecular flexibility index (Phi) is 4.19. The van der Waals surface area contributed by atoms with Gasteiger partial charge in [0.1, 0.15) is 5.60 Å². The number of amides is 1. The maximum Gasteiger partial charge on any atom is 0.410 e. The van der Waals surface area contributed by atoms with Gasteiger partial charge in [0, 0.05) is 19.1 Å². The number of rotatable bonds is 3. The van der Waals surface area contributed by atoms with E-state index < -0.39 is 5.60 Å². The average molecular weight is 228 g/mol. The fourth-order valence-corrected chi connectivity index (χ4v) is 1.73. The second-order valence-corrected chi connectivity index (χ2v) is 5.81. The van der Waals surface area contributed by atoms with Gasteiger partial charge < -0.3 is 15.4 Å². The van der Waals surface area contributed by atoms with Crippen LogP contribution in [-0.4, -0.2) is 35.7 Å². The monoisotopic (exact) mass is 228 g/mol. The summed E-state index contributed by atoms with van der Waals surface area (Å²) in [6, 6.07) is 0.260. The molecule has 0 aromatic carbocycles. The summed E-state index contributed by atoms with van der Waals surface area (Å²) in [5, 5.41) is 0. The lowest BCUT2D eigenvalue weighted by molar-refractivity contribution is -0.00248. The molecule has 0 bridgehead atoms. The summed E-state index contributed by atoms with van der Waals surface area (Å²) < 4.78 is 5.28. The van der Waals surface area contributed by atoms with Crippen molar-refractivity contribution in [1.29, 1.82) is 0 Å². The number of hydrogen-bond acceptors (Lipinski definition) is 3. The molecule has 1 unspecified atom stereocenters. The van der Waals surface area contributed by atoms with E-state index in [1.54, 1.807) is 4.90 Å². The van der Waals surface area contributed by atoms with E-state index in [9.17, 15) is 4.79 Å². The van der Waals surface area contributed by atoms with Gasteiger partial charge in [-0.05, 0) is 46.5 Å². The van der Waals surface area contributed by atoms with Crippen LogP contribution in [0.4, 0.5) is 4.79 Å². The van der Waals surface area contributed by atoms with E-state index in [4.69, 9.17) is 10.5 Å². The summed E-state index contributed by atoms with van der Waals surface area (Å²) in [4.78, 5) is 13.4. The van der Waals surface area contributed by atoms with Gasteiger partial charge in [-0.25, -0.2) is 4.79 Å². The largest absolute Gasteiger partial charge is 0.444 e. The van der Waals surface area contributed by atoms with Crippen molar-refractivity contribution >= 4 is 6.09 Å². The fraction of sp³-hybridized carbons (Fsp3) is 0.917. The van der Waals surface area contributed by atoms with Gasteiger partial charge in [0.2, 0.25) is 0 Å². The first-order chi connectivity index (χ1) is 7.28. The van der Waals surface area contributed by atoms with Crippen LogP contribution in [-0.2, 0) is 4.74 Å². The summed E-state index contributed by atoms with van der Waals surface area (Å²) in [5.74, 6) is 0.610. The maximum atomic E-state index is 11.6. The molecule has 1 fully saturated rings. The number of carbonyl (C=O) groups excluding carboxylic acids is 1. The minimum Gasteiger partial charge on any atom is -0.444 e. The molecule has 94 valence electrons. The third kappa shape index (κ3) is 4.39. The van der Waals surface area contributed by atoms with Crippen molar-refractivity contribution in [2.24, 2.45) is 11.7 Å². The van der Waals surface area contributed by atoms with Crippen LogP contribution in [0.15, 0.2) is 0 Å². The highest BCUT2D eigenvalue weighted by molar-refractivity contribution is 5.69. The zero-order valence-corrected chi connectivity index (χ0v) is 10.8. The third-order valence-electron chi connectivity index (χ3n) is 2.64. The van der Waals surface area contributed by atoms with Crippen LogP contribution in [0.25, 0.3) is 0 Å². The lowest BCUT2D eigenvalue weighted by atomic mass is 9.93. The Morgan fingerprint density at radius 3 is 2.50 bits per heavy atom. The highest BCUT2D eigenvalue weighted by atomic mass is 16.6. The fourth-order valence-electron chi connectivity index (χ4n) is 1.73. The van der Waals surface area contributed by atoms with Gasteiger partial charge in [-0.1, -0.05) is 0 Å². The minimum atomic E-state index is -0.395. The molecule has 4 heteroatoms. The molecule has 0 aromatic heterocycles. The number of nitrogens with zero attached hydrogens (tertiary/aromatic N) is 1. The molecule has 2 N–H and O–H groups in total. The summed E-state index contributed by atoms with van der Waals surface area (Å²) in [7, 11) is 0. The first-order valence-corrected chi connectivity index (χ1v) is 6.01. The molecule has 0 radical (unpaired) electrons. The first kappa shape index (κ1) is 13.3. The molecule has 1 saturated heterocycles. The SMILES string of the molecule is CC(N)CCC1CN(C(=O)OC(C)(C)C)C1. The number of carbonyl (C=O) groups is 1. The van der Waals surface area contributed by atoms with Crippen LogP contribution in [0.1, 0.15) is 40.5 Å². The molecule has 1 atom stereocenters. The Morgan fingerprint density at radius 1 is 1.50 bits per heavy atom. The van der Waals surface area contributed by atoms with Gasteiger partial charge in [-0.2, -0.15) is 0 Å². The molecule has 1 amide bonds. The number of likely N-dealkylation sites (tertiary alicyclic amines) is 1. The lowest BCUT2D eigenvalue weighted by Crippen LogP contribution is -2.51. The Morgan fingerprint density at radius 2 is 2.06 bits per heavy atom. The molecule has 1 aliphatic rings. The van der Waals surface area contributed by atoms with E-state index in [0.717, 1.165) is 25.9 Å². The van der Waals surface area contributed by atoms with Crippen molar-refractivity contribution in [2.45, 2.75) is 52.2 Å². The van der Waals surface area contributed by atoms with Crippen molar-refractivity contribution in [1.82, 2.24) is 4.90 Å². The van der Waals surface area contributed by atoms with E-state index in [-0.39, 0.29) is 12.1 Å². The van der Waals surface area contributed by atoms with Crippen molar-refractivity contribution in [2.75, 3.05) is 13.1 Å². The average Bonchev–Trinajstić information content (AvgIpc) is 1.96. The standard InChI is InChI=1S/C12H24N2O2/c1-9(13)5-6-10-7-14(8-10)11(15)16-12(2,3)4/h9-10H,5-8,13H2,1-4H3. The Labute approximate surface area is 98.1 Å². The van der Waals surface area contributed by atoms with Gasteiger partial charge in [0.25, 0.3) is 0 Å². The molecule has 1 heterocycles. The normalized spacial score (nSPS) is 19.2. The molecular formula is C12H24N2O2. The lowest BCUT2D eigenvalue weighted by Gasteiger charge is -2.40. The molecule has 0 spiro atoms. The van der Waals surface area contributed by atoms with E-state index in [1.165, 1.54) is 0 Å². The predicted octanol–water partition coefficient (Wildman–Crippen LogP) is 1.98. The molecular weight excluding hydrogens is 204 g/mol. The van der Waals surface area contributed by atoms with Crippen molar-refractivity contribution in [3.8, 4) is 0 Å². The second kappa shape index (κ2) is 5.04. The topological polar surface area (TPSA) is 55.6 Å². The van der Waals surface area contributed by atoms with E-state index >= 15 is 0 Å². The zero-order chi connectivity index (χ0) is 12.3. The Balaban J connectivity index is 2.18. The van der Waals surface area contributed by atoms with Gasteiger partial charge in [-0.15, -0.1) is 0 Å². The minimum absolute atomic E-state index is 0.190. The quantitative estimate of drug-likeness (QED) is 0.803. The number of nitrogens with two attached hydrogens (primary N) is 1. The highest BCUT2D eigenvalue weighted by Gasteiger charge is 2.33. The van der Waals surface area contributed by atoms with Crippen molar-refractivity contribution in [3.05, 3.63) is 0 Å². The molecule has 1 rings (SSSR count). The molecule has 0 aliphatic carbocycles. The number of ether oxygens (including phenoxy) is 1. The van der Waals surface area contributed by atoms with Crippen LogP contribution in [0, 0.1) is 5.92 Å². The smallest absolute Gasteiger partial charge is 0.410 e.